The smallest absolute Gasteiger partial charge is 0.328 e. The van der Waals surface area contributed by atoms with Gasteiger partial charge in [0.2, 0.25) is 0 Å². The first-order chi connectivity index (χ1) is 5.95. The van der Waals surface area contributed by atoms with Gasteiger partial charge < -0.3 is 5.73 Å². The number of nitrogens with two attached hydrogens (primary N) is 1. The minimum atomic E-state index is -4.33. The maximum absolute atomic E-state index is 12.1. The first-order valence-electron chi connectivity index (χ1n) is 3.76. The molecule has 0 aliphatic heterocycles. The van der Waals surface area contributed by atoms with Gasteiger partial charge in [0, 0.05) is 12.7 Å². The lowest BCUT2D eigenvalue weighted by molar-refractivity contribution is -0.137. The summed E-state index contributed by atoms with van der Waals surface area (Å²) in [5, 5.41) is 3.57. The number of alkyl halides is 3. The molecule has 13 heavy (non-hydrogen) atoms. The zero-order valence-corrected chi connectivity index (χ0v) is 7.04. The second-order valence-electron chi connectivity index (χ2n) is 2.79. The van der Waals surface area contributed by atoms with Crippen LogP contribution in [-0.4, -0.2) is 16.3 Å². The Kier molecular flexibility index (Phi) is 2.60. The van der Waals surface area contributed by atoms with E-state index < -0.39 is 11.7 Å². The van der Waals surface area contributed by atoms with Crippen LogP contribution in [0.4, 0.5) is 13.2 Å². The van der Waals surface area contributed by atoms with Crippen molar-refractivity contribution in [2.75, 3.05) is 6.54 Å². The summed E-state index contributed by atoms with van der Waals surface area (Å²) in [6.07, 6.45) is -2.57. The zero-order valence-electron chi connectivity index (χ0n) is 7.04. The molecule has 0 aliphatic carbocycles. The fraction of sp³-hybridized carbons (Fsp3) is 0.571. The average molecular weight is 193 g/mol. The Balaban J connectivity index is 2.87. The van der Waals surface area contributed by atoms with E-state index in [-0.39, 0.29) is 12.6 Å². The molecule has 0 aromatic carbocycles. The maximum atomic E-state index is 12.1. The molecule has 0 fully saturated rings. The molecule has 0 aliphatic rings. The Bertz CT molecular complexity index is 279. The lowest BCUT2D eigenvalue weighted by Gasteiger charge is -2.08. The van der Waals surface area contributed by atoms with E-state index in [0.29, 0.717) is 0 Å². The molecule has 0 spiro atoms. The summed E-state index contributed by atoms with van der Waals surface area (Å²) in [6.45, 7) is 1.96. The molecule has 0 bridgehead atoms. The first-order valence-corrected chi connectivity index (χ1v) is 3.76. The van der Waals surface area contributed by atoms with Gasteiger partial charge in [0.1, 0.15) is 0 Å². The molecule has 0 saturated heterocycles. The largest absolute Gasteiger partial charge is 0.419 e. The van der Waals surface area contributed by atoms with Crippen LogP contribution in [0.2, 0.25) is 0 Å². The second-order valence-corrected chi connectivity index (χ2v) is 2.79. The highest BCUT2D eigenvalue weighted by Gasteiger charge is 2.32. The summed E-state index contributed by atoms with van der Waals surface area (Å²) in [5.74, 6) is 0. The van der Waals surface area contributed by atoms with Crippen molar-refractivity contribution in [2.45, 2.75) is 19.1 Å². The molecule has 1 unspecified atom stereocenters. The second kappa shape index (κ2) is 3.37. The molecule has 74 valence electrons. The number of nitrogens with zero attached hydrogens (tertiary/aromatic N) is 2. The van der Waals surface area contributed by atoms with Gasteiger partial charge in [0.25, 0.3) is 0 Å². The van der Waals surface area contributed by atoms with E-state index in [0.717, 1.165) is 12.4 Å². The monoisotopic (exact) mass is 193 g/mol. The normalized spacial score (nSPS) is 14.5. The highest BCUT2D eigenvalue weighted by atomic mass is 19.4. The van der Waals surface area contributed by atoms with E-state index in [1.165, 1.54) is 4.68 Å². The predicted octanol–water partition coefficient (Wildman–Crippen LogP) is 1.42. The van der Waals surface area contributed by atoms with Gasteiger partial charge in [-0.3, -0.25) is 4.68 Å². The number of halogens is 3. The van der Waals surface area contributed by atoms with Gasteiger partial charge in [-0.05, 0) is 6.92 Å². The highest BCUT2D eigenvalue weighted by molar-refractivity contribution is 5.08. The molecule has 0 amide bonds. The van der Waals surface area contributed by atoms with Crippen LogP contribution in [0.1, 0.15) is 18.5 Å². The third-order valence-corrected chi connectivity index (χ3v) is 1.72. The molecule has 0 saturated carbocycles. The standard InChI is InChI=1S/C7H10F3N3/c1-5(2-11)13-4-6(3-12-13)7(8,9)10/h3-5H,2,11H2,1H3. The molecule has 0 radical (unpaired) electrons. The van der Waals surface area contributed by atoms with Crippen molar-refractivity contribution >= 4 is 0 Å². The molecule has 1 aromatic rings. The molecule has 3 nitrogen and oxygen atoms in total. The summed E-state index contributed by atoms with van der Waals surface area (Å²) in [4.78, 5) is 0. The van der Waals surface area contributed by atoms with Crippen LogP contribution in [0, 0.1) is 0 Å². The molecular weight excluding hydrogens is 183 g/mol. The summed E-state index contributed by atoms with van der Waals surface area (Å²) >= 11 is 0. The fourth-order valence-corrected chi connectivity index (χ4v) is 0.833. The Morgan fingerprint density at radius 1 is 1.62 bits per heavy atom. The topological polar surface area (TPSA) is 43.8 Å². The van der Waals surface area contributed by atoms with Gasteiger partial charge in [-0.25, -0.2) is 0 Å². The molecule has 1 heterocycles. The minimum Gasteiger partial charge on any atom is -0.328 e. The lowest BCUT2D eigenvalue weighted by Crippen LogP contribution is -2.16. The van der Waals surface area contributed by atoms with Crippen molar-refractivity contribution < 1.29 is 13.2 Å². The van der Waals surface area contributed by atoms with Crippen molar-refractivity contribution in [2.24, 2.45) is 5.73 Å². The van der Waals surface area contributed by atoms with Crippen molar-refractivity contribution in [3.05, 3.63) is 18.0 Å². The maximum Gasteiger partial charge on any atom is 0.419 e. The zero-order chi connectivity index (χ0) is 10.1. The molecule has 1 atom stereocenters. The van der Waals surface area contributed by atoms with Crippen LogP contribution in [0.5, 0.6) is 0 Å². The SMILES string of the molecule is CC(CN)n1cc(C(F)(F)F)cn1. The quantitative estimate of drug-likeness (QED) is 0.771. The van der Waals surface area contributed by atoms with Crippen LogP contribution in [0.25, 0.3) is 0 Å². The van der Waals surface area contributed by atoms with Crippen LogP contribution >= 0.6 is 0 Å². The lowest BCUT2D eigenvalue weighted by atomic mass is 10.3. The number of hydrogen-bond acceptors (Lipinski definition) is 2. The van der Waals surface area contributed by atoms with Gasteiger partial charge in [0.05, 0.1) is 17.8 Å². The van der Waals surface area contributed by atoms with E-state index in [1.807, 2.05) is 0 Å². The summed E-state index contributed by atoms with van der Waals surface area (Å²) in [7, 11) is 0. The predicted molar refractivity (Wildman–Crippen MR) is 41.0 cm³/mol. The van der Waals surface area contributed by atoms with Crippen LogP contribution < -0.4 is 5.73 Å². The number of aromatic nitrogens is 2. The van der Waals surface area contributed by atoms with Gasteiger partial charge >= 0.3 is 6.18 Å². The van der Waals surface area contributed by atoms with E-state index in [1.54, 1.807) is 6.92 Å². The van der Waals surface area contributed by atoms with Gasteiger partial charge in [-0.1, -0.05) is 0 Å². The van der Waals surface area contributed by atoms with Gasteiger partial charge in [-0.2, -0.15) is 18.3 Å². The van der Waals surface area contributed by atoms with E-state index in [4.69, 9.17) is 5.73 Å². The van der Waals surface area contributed by atoms with E-state index in [9.17, 15) is 13.2 Å². The van der Waals surface area contributed by atoms with Gasteiger partial charge in [-0.15, -0.1) is 0 Å². The average Bonchev–Trinajstić information content (AvgIpc) is 2.50. The Hall–Kier alpha value is -1.04. The molecular formula is C7H10F3N3. The number of hydrogen-bond donors (Lipinski definition) is 1. The molecule has 6 heteroatoms. The van der Waals surface area contributed by atoms with Crippen molar-refractivity contribution in [1.29, 1.82) is 0 Å². The van der Waals surface area contributed by atoms with E-state index >= 15 is 0 Å². The summed E-state index contributed by atoms with van der Waals surface area (Å²) in [6, 6.07) is -0.212. The Morgan fingerprint density at radius 2 is 2.23 bits per heavy atom. The van der Waals surface area contributed by atoms with Crippen LogP contribution in [0.3, 0.4) is 0 Å². The Morgan fingerprint density at radius 3 is 2.62 bits per heavy atom. The van der Waals surface area contributed by atoms with Gasteiger partial charge in [0.15, 0.2) is 0 Å². The molecule has 2 N–H and O–H groups in total. The third kappa shape index (κ3) is 2.21. The van der Waals surface area contributed by atoms with Crippen LogP contribution in [0.15, 0.2) is 12.4 Å². The minimum absolute atomic E-state index is 0.212. The van der Waals surface area contributed by atoms with E-state index in [2.05, 4.69) is 5.10 Å². The van der Waals surface area contributed by atoms with Crippen LogP contribution in [-0.2, 0) is 6.18 Å². The van der Waals surface area contributed by atoms with Crippen molar-refractivity contribution in [3.63, 3.8) is 0 Å². The van der Waals surface area contributed by atoms with Crippen molar-refractivity contribution in [3.8, 4) is 0 Å². The highest BCUT2D eigenvalue weighted by Crippen LogP contribution is 2.28. The summed E-state index contributed by atoms with van der Waals surface area (Å²) < 4.78 is 37.5. The fourth-order valence-electron chi connectivity index (χ4n) is 0.833. The van der Waals surface area contributed by atoms with Crippen molar-refractivity contribution in [1.82, 2.24) is 9.78 Å². The molecule has 1 rings (SSSR count). The summed E-state index contributed by atoms with van der Waals surface area (Å²) in [5.41, 5.74) is 4.54. The first kappa shape index (κ1) is 10.0. The number of rotatable bonds is 2. The Labute approximate surface area is 73.3 Å². The third-order valence-electron chi connectivity index (χ3n) is 1.72. The molecule has 1 aromatic heterocycles.